The Bertz CT molecular complexity index is 959. The van der Waals surface area contributed by atoms with E-state index in [2.05, 4.69) is 33.9 Å². The molecule has 1 aromatic carbocycles. The predicted octanol–water partition coefficient (Wildman–Crippen LogP) is 4.48. The van der Waals surface area contributed by atoms with Gasteiger partial charge in [0.25, 0.3) is 0 Å². The van der Waals surface area contributed by atoms with Crippen molar-refractivity contribution in [2.24, 2.45) is 5.41 Å². The predicted molar refractivity (Wildman–Crippen MR) is 138 cm³/mol. The van der Waals surface area contributed by atoms with Gasteiger partial charge in [-0.1, -0.05) is 38.5 Å². The topological polar surface area (TPSA) is 66.9 Å². The highest BCUT2D eigenvalue weighted by atomic mass is 16.5. The van der Waals surface area contributed by atoms with Crippen LogP contribution in [0.4, 0.5) is 0 Å². The number of hydrogen-bond donors (Lipinski definition) is 1. The molecule has 4 rings (SSSR count). The van der Waals surface area contributed by atoms with Crippen molar-refractivity contribution >= 4 is 5.91 Å². The number of amides is 1. The van der Waals surface area contributed by atoms with Gasteiger partial charge in [0.05, 0.1) is 13.2 Å². The van der Waals surface area contributed by atoms with Crippen molar-refractivity contribution < 1.29 is 14.3 Å². The minimum absolute atomic E-state index is 0.00857. The fourth-order valence-electron chi connectivity index (χ4n) is 4.77. The van der Waals surface area contributed by atoms with Gasteiger partial charge in [-0.3, -0.25) is 9.69 Å². The van der Waals surface area contributed by atoms with Crippen molar-refractivity contribution in [2.75, 3.05) is 45.9 Å². The smallest absolute Gasteiger partial charge is 0.234 e. The number of aromatic nitrogens is 1. The Kier molecular flexibility index (Phi) is 8.99. The molecule has 2 aliphatic heterocycles. The van der Waals surface area contributed by atoms with Crippen molar-refractivity contribution in [1.82, 2.24) is 20.1 Å². The van der Waals surface area contributed by atoms with E-state index in [1.165, 1.54) is 19.3 Å². The van der Waals surface area contributed by atoms with Gasteiger partial charge in [-0.05, 0) is 68.9 Å². The number of hydrogen-bond acceptors (Lipinski definition) is 6. The lowest BCUT2D eigenvalue weighted by atomic mass is 9.88. The quantitative estimate of drug-likeness (QED) is 0.681. The lowest BCUT2D eigenvalue weighted by Gasteiger charge is -2.28. The zero-order valence-electron chi connectivity index (χ0n) is 21.3. The van der Waals surface area contributed by atoms with Crippen LogP contribution in [0.15, 0.2) is 42.6 Å². The van der Waals surface area contributed by atoms with Crippen LogP contribution >= 0.6 is 0 Å². The molecule has 0 spiro atoms. The Hall–Kier alpha value is -2.64. The summed E-state index contributed by atoms with van der Waals surface area (Å²) in [5, 5.41) is 3.14. The molecule has 0 bridgehead atoms. The van der Waals surface area contributed by atoms with Crippen molar-refractivity contribution in [2.45, 2.75) is 52.5 Å². The summed E-state index contributed by atoms with van der Waals surface area (Å²) in [4.78, 5) is 22.0. The first-order chi connectivity index (χ1) is 17.0. The number of likely N-dealkylation sites (tertiary alicyclic amines) is 1. The van der Waals surface area contributed by atoms with Crippen LogP contribution in [0.1, 0.15) is 51.5 Å². The maximum atomic E-state index is 12.8. The minimum Gasteiger partial charge on any atom is -0.489 e. The molecule has 190 valence electrons. The summed E-state index contributed by atoms with van der Waals surface area (Å²) in [6, 6.07) is 11.7. The van der Waals surface area contributed by atoms with Crippen molar-refractivity contribution in [3.8, 4) is 17.4 Å². The Labute approximate surface area is 209 Å². The average molecular weight is 481 g/mol. The van der Waals surface area contributed by atoms with E-state index in [-0.39, 0.29) is 11.3 Å². The highest BCUT2D eigenvalue weighted by molar-refractivity contribution is 5.78. The number of nitrogens with one attached hydrogen (secondary N) is 1. The molecular formula is C28H40N4O3. The summed E-state index contributed by atoms with van der Waals surface area (Å²) in [5.41, 5.74) is 0.969. The molecule has 1 N–H and O–H groups in total. The molecule has 0 unspecified atom stereocenters. The lowest BCUT2D eigenvalue weighted by Crippen LogP contribution is -2.42. The monoisotopic (exact) mass is 480 g/mol. The third-order valence-corrected chi connectivity index (χ3v) is 6.81. The van der Waals surface area contributed by atoms with Crippen molar-refractivity contribution in [1.29, 1.82) is 0 Å². The van der Waals surface area contributed by atoms with Gasteiger partial charge in [-0.25, -0.2) is 4.98 Å². The van der Waals surface area contributed by atoms with Crippen LogP contribution in [0.25, 0.3) is 0 Å². The van der Waals surface area contributed by atoms with Gasteiger partial charge < -0.3 is 19.7 Å². The number of para-hydroxylation sites is 2. The van der Waals surface area contributed by atoms with Crippen LogP contribution in [0.5, 0.6) is 17.4 Å². The Morgan fingerprint density at radius 3 is 2.60 bits per heavy atom. The van der Waals surface area contributed by atoms with E-state index >= 15 is 0 Å². The van der Waals surface area contributed by atoms with Crippen LogP contribution < -0.4 is 14.8 Å². The largest absolute Gasteiger partial charge is 0.489 e. The Morgan fingerprint density at radius 2 is 1.77 bits per heavy atom. The summed E-state index contributed by atoms with van der Waals surface area (Å²) >= 11 is 0. The molecule has 1 saturated heterocycles. The number of pyridine rings is 1. The maximum Gasteiger partial charge on any atom is 0.234 e. The number of piperidine rings is 1. The summed E-state index contributed by atoms with van der Waals surface area (Å²) in [5.74, 6) is 2.01. The molecule has 0 aliphatic carbocycles. The van der Waals surface area contributed by atoms with Gasteiger partial charge in [-0.2, -0.15) is 0 Å². The van der Waals surface area contributed by atoms with E-state index in [9.17, 15) is 4.79 Å². The molecule has 2 aromatic rings. The third-order valence-electron chi connectivity index (χ3n) is 6.81. The highest BCUT2D eigenvalue weighted by Gasteiger charge is 2.23. The number of fused-ring (bicyclic) bond motifs is 2. The van der Waals surface area contributed by atoms with Gasteiger partial charge in [0.1, 0.15) is 0 Å². The van der Waals surface area contributed by atoms with E-state index in [0.717, 1.165) is 50.3 Å². The van der Waals surface area contributed by atoms with Gasteiger partial charge in [0.2, 0.25) is 11.8 Å². The Morgan fingerprint density at radius 1 is 1.00 bits per heavy atom. The standard InChI is InChI=1S/C28H40N4O3/c1-28(2)13-9-18-32(21-26(33)29-15-19-31-16-6-3-7-17-31)20-23-10-8-14-30-27(23)35-25-12-5-4-11-24(25)34-22-28/h4-5,8,10-12,14H,3,6-7,9,13,15-22H2,1-2H3,(H,29,33). The molecule has 1 fully saturated rings. The molecule has 1 aromatic heterocycles. The van der Waals surface area contributed by atoms with Gasteiger partial charge in [0.15, 0.2) is 11.5 Å². The van der Waals surface area contributed by atoms with Crippen LogP contribution in [0.3, 0.4) is 0 Å². The first-order valence-electron chi connectivity index (χ1n) is 13.0. The van der Waals surface area contributed by atoms with E-state index < -0.39 is 0 Å². The van der Waals surface area contributed by atoms with E-state index in [4.69, 9.17) is 9.47 Å². The zero-order chi connectivity index (χ0) is 24.5. The Balaban J connectivity index is 1.45. The molecular weight excluding hydrogens is 440 g/mol. The molecule has 2 aliphatic rings. The zero-order valence-corrected chi connectivity index (χ0v) is 21.3. The molecule has 1 amide bonds. The number of nitrogens with zero attached hydrogens (tertiary/aromatic N) is 3. The summed E-state index contributed by atoms with van der Waals surface area (Å²) in [6.07, 6.45) is 7.58. The number of ether oxygens (including phenoxy) is 2. The van der Waals surface area contributed by atoms with Crippen LogP contribution in [0, 0.1) is 5.41 Å². The van der Waals surface area contributed by atoms with Crippen LogP contribution in [0.2, 0.25) is 0 Å². The van der Waals surface area contributed by atoms with E-state index in [1.807, 2.05) is 36.4 Å². The summed E-state index contributed by atoms with van der Waals surface area (Å²) in [6.45, 7) is 10.8. The highest BCUT2D eigenvalue weighted by Crippen LogP contribution is 2.34. The number of rotatable bonds is 5. The molecule has 35 heavy (non-hydrogen) atoms. The fourth-order valence-corrected chi connectivity index (χ4v) is 4.77. The van der Waals surface area contributed by atoms with Gasteiger partial charge in [-0.15, -0.1) is 0 Å². The lowest BCUT2D eigenvalue weighted by molar-refractivity contribution is -0.122. The van der Waals surface area contributed by atoms with Gasteiger partial charge in [0, 0.05) is 31.4 Å². The SMILES string of the molecule is CC1(C)CCCN(CC(=O)NCCN2CCCCC2)Cc2cccnc2Oc2ccccc2OC1. The molecule has 3 heterocycles. The molecule has 7 nitrogen and oxygen atoms in total. The molecule has 0 radical (unpaired) electrons. The average Bonchev–Trinajstić information content (AvgIpc) is 2.85. The first-order valence-corrected chi connectivity index (χ1v) is 13.0. The second-order valence-corrected chi connectivity index (χ2v) is 10.5. The van der Waals surface area contributed by atoms with Gasteiger partial charge >= 0.3 is 0 Å². The summed E-state index contributed by atoms with van der Waals surface area (Å²) in [7, 11) is 0. The normalized spacial score (nSPS) is 19.5. The molecule has 0 saturated carbocycles. The van der Waals surface area contributed by atoms with Crippen molar-refractivity contribution in [3.05, 3.63) is 48.2 Å². The number of carbonyl (C=O) groups excluding carboxylic acids is 1. The second kappa shape index (κ2) is 12.4. The second-order valence-electron chi connectivity index (χ2n) is 10.5. The van der Waals surface area contributed by atoms with Crippen molar-refractivity contribution in [3.63, 3.8) is 0 Å². The molecule has 0 atom stereocenters. The fraction of sp³-hybridized carbons (Fsp3) is 0.571. The first kappa shape index (κ1) is 25.5. The summed E-state index contributed by atoms with van der Waals surface area (Å²) < 4.78 is 12.4. The number of carbonyl (C=O) groups is 1. The third kappa shape index (κ3) is 7.94. The van der Waals surface area contributed by atoms with E-state index in [0.29, 0.717) is 37.9 Å². The maximum absolute atomic E-state index is 12.8. The number of benzene rings is 1. The van der Waals surface area contributed by atoms with Crippen LogP contribution in [-0.4, -0.2) is 66.6 Å². The molecule has 7 heteroatoms. The minimum atomic E-state index is 0.00857. The van der Waals surface area contributed by atoms with E-state index in [1.54, 1.807) is 6.20 Å². The van der Waals surface area contributed by atoms with Crippen LogP contribution in [-0.2, 0) is 11.3 Å².